The van der Waals surface area contributed by atoms with Crippen molar-refractivity contribution in [3.63, 3.8) is 0 Å². The first-order valence-electron chi connectivity index (χ1n) is 9.88. The second kappa shape index (κ2) is 8.95. The second-order valence-electron chi connectivity index (χ2n) is 7.33. The number of halogens is 3. The van der Waals surface area contributed by atoms with Gasteiger partial charge >= 0.3 is 18.0 Å². The summed E-state index contributed by atoms with van der Waals surface area (Å²) >= 11 is 0. The van der Waals surface area contributed by atoms with Crippen molar-refractivity contribution in [3.05, 3.63) is 70.2 Å². The highest BCUT2D eigenvalue weighted by molar-refractivity contribution is 5.62. The Balaban J connectivity index is 1.24. The molecule has 0 fully saturated rings. The second-order valence-corrected chi connectivity index (χ2v) is 7.33. The van der Waals surface area contributed by atoms with Crippen LogP contribution in [0.15, 0.2) is 48.8 Å². The Labute approximate surface area is 180 Å². The summed E-state index contributed by atoms with van der Waals surface area (Å²) in [6.07, 6.45) is -0.592. The van der Waals surface area contributed by atoms with E-state index in [0.717, 1.165) is 30.0 Å². The third-order valence-corrected chi connectivity index (χ3v) is 5.02. The number of alkyl halides is 3. The zero-order valence-corrected chi connectivity index (χ0v) is 16.8. The number of benzene rings is 1. The number of pyridine rings is 1. The maximum atomic E-state index is 12.6. The average molecular weight is 448 g/mol. The van der Waals surface area contributed by atoms with E-state index in [2.05, 4.69) is 9.97 Å². The van der Waals surface area contributed by atoms with E-state index in [-0.39, 0.29) is 24.5 Å². The number of imidazole rings is 1. The normalized spacial score (nSPS) is 15.8. The molecule has 2 aromatic heterocycles. The van der Waals surface area contributed by atoms with Crippen LogP contribution in [0, 0.1) is 10.1 Å². The Kier molecular flexibility index (Phi) is 6.08. The number of hydrogen-bond donors (Lipinski definition) is 0. The molecule has 32 heavy (non-hydrogen) atoms. The Bertz CT molecular complexity index is 1080. The largest absolute Gasteiger partial charge is 0.443 e. The molecule has 0 amide bonds. The van der Waals surface area contributed by atoms with Crippen LogP contribution in [-0.4, -0.2) is 38.8 Å². The third kappa shape index (κ3) is 5.05. The van der Waals surface area contributed by atoms with E-state index in [1.165, 1.54) is 18.5 Å². The molecule has 1 atom stereocenters. The topological polar surface area (TPSA) is 92.3 Å². The lowest BCUT2D eigenvalue weighted by Crippen LogP contribution is -2.32. The van der Waals surface area contributed by atoms with E-state index >= 15 is 0 Å². The zero-order valence-electron chi connectivity index (χ0n) is 16.8. The van der Waals surface area contributed by atoms with E-state index in [1.807, 2.05) is 24.3 Å². The van der Waals surface area contributed by atoms with Gasteiger partial charge in [-0.3, -0.25) is 9.55 Å². The van der Waals surface area contributed by atoms with Crippen molar-refractivity contribution in [1.82, 2.24) is 14.5 Å². The van der Waals surface area contributed by atoms with Gasteiger partial charge in [0.25, 0.3) is 0 Å². The standard InChI is InChI=1S/C21H19F3N4O4/c22-21(23,24)18-8-7-16(10-25-18)15-5-3-14(4-6-15)2-1-9-31-17-11-27-12-19(28(29)30)26-20(27)32-13-17/h3-8,10,12,17H,1-2,9,11,13H2/t17-/m0/s1. The van der Waals surface area contributed by atoms with Crippen molar-refractivity contribution < 1.29 is 27.6 Å². The molecule has 0 saturated carbocycles. The van der Waals surface area contributed by atoms with Gasteiger partial charge in [-0.2, -0.15) is 13.2 Å². The van der Waals surface area contributed by atoms with Gasteiger partial charge in [0.15, 0.2) is 0 Å². The summed E-state index contributed by atoms with van der Waals surface area (Å²) in [5.41, 5.74) is 1.56. The molecule has 4 rings (SSSR count). The molecule has 8 nitrogen and oxygen atoms in total. The van der Waals surface area contributed by atoms with Crippen LogP contribution in [-0.2, 0) is 23.9 Å². The third-order valence-electron chi connectivity index (χ3n) is 5.02. The molecule has 11 heteroatoms. The molecule has 0 aliphatic carbocycles. The van der Waals surface area contributed by atoms with Gasteiger partial charge in [-0.15, -0.1) is 0 Å². The number of nitro groups is 1. The van der Waals surface area contributed by atoms with E-state index in [0.29, 0.717) is 18.7 Å². The molecule has 0 unspecified atom stereocenters. The van der Waals surface area contributed by atoms with Gasteiger partial charge in [0.1, 0.15) is 24.6 Å². The molecule has 0 bridgehead atoms. The van der Waals surface area contributed by atoms with Crippen LogP contribution in [0.5, 0.6) is 6.01 Å². The summed E-state index contributed by atoms with van der Waals surface area (Å²) in [7, 11) is 0. The van der Waals surface area contributed by atoms with Crippen LogP contribution in [0.4, 0.5) is 19.0 Å². The van der Waals surface area contributed by atoms with Gasteiger partial charge in [0, 0.05) is 23.4 Å². The molecule has 0 N–H and O–H groups in total. The van der Waals surface area contributed by atoms with Gasteiger partial charge in [-0.05, 0) is 35.0 Å². The molecular formula is C21H19F3N4O4. The highest BCUT2D eigenvalue weighted by Gasteiger charge is 2.32. The Morgan fingerprint density at radius 2 is 1.94 bits per heavy atom. The Hall–Kier alpha value is -3.47. The molecule has 3 aromatic rings. The fourth-order valence-electron chi connectivity index (χ4n) is 3.38. The first kappa shape index (κ1) is 21.8. The number of ether oxygens (including phenoxy) is 2. The molecule has 3 heterocycles. The van der Waals surface area contributed by atoms with Gasteiger partial charge < -0.3 is 19.6 Å². The summed E-state index contributed by atoms with van der Waals surface area (Å²) in [5.74, 6) is -0.254. The lowest BCUT2D eigenvalue weighted by atomic mass is 10.0. The van der Waals surface area contributed by atoms with Crippen molar-refractivity contribution in [2.24, 2.45) is 0 Å². The zero-order chi connectivity index (χ0) is 22.7. The predicted octanol–water partition coefficient (Wildman–Crippen LogP) is 4.28. The lowest BCUT2D eigenvalue weighted by molar-refractivity contribution is -0.389. The highest BCUT2D eigenvalue weighted by atomic mass is 19.4. The summed E-state index contributed by atoms with van der Waals surface area (Å²) in [6.45, 7) is 1.21. The van der Waals surface area contributed by atoms with Crippen molar-refractivity contribution >= 4 is 5.82 Å². The lowest BCUT2D eigenvalue weighted by Gasteiger charge is -2.22. The molecule has 1 aromatic carbocycles. The Morgan fingerprint density at radius 3 is 2.59 bits per heavy atom. The fraction of sp³-hybridized carbons (Fsp3) is 0.333. The number of nitrogens with zero attached hydrogens (tertiary/aromatic N) is 4. The summed E-state index contributed by atoms with van der Waals surface area (Å²) in [5, 5.41) is 10.8. The molecule has 0 radical (unpaired) electrons. The van der Waals surface area contributed by atoms with E-state index in [1.54, 1.807) is 4.57 Å². The van der Waals surface area contributed by atoms with Crippen LogP contribution < -0.4 is 4.74 Å². The summed E-state index contributed by atoms with van der Waals surface area (Å²) < 4.78 is 50.7. The Morgan fingerprint density at radius 1 is 1.19 bits per heavy atom. The van der Waals surface area contributed by atoms with Crippen molar-refractivity contribution in [2.45, 2.75) is 31.7 Å². The first-order chi connectivity index (χ1) is 15.3. The van der Waals surface area contributed by atoms with Crippen molar-refractivity contribution in [3.8, 4) is 17.1 Å². The SMILES string of the molecule is O=[N+]([O-])c1cn2c(n1)OC[C@@H](OCCCc1ccc(-c3ccc(C(F)(F)F)nc3)cc1)C2. The smallest absolute Gasteiger partial charge is 0.433 e. The summed E-state index contributed by atoms with van der Waals surface area (Å²) in [6, 6.07) is 10.2. The number of aryl methyl sites for hydroxylation is 1. The number of fused-ring (bicyclic) bond motifs is 1. The van der Waals surface area contributed by atoms with E-state index in [4.69, 9.17) is 9.47 Å². The van der Waals surface area contributed by atoms with E-state index in [9.17, 15) is 23.3 Å². The minimum atomic E-state index is -4.45. The summed E-state index contributed by atoms with van der Waals surface area (Å²) in [4.78, 5) is 17.5. The predicted molar refractivity (Wildman–Crippen MR) is 107 cm³/mol. The molecule has 168 valence electrons. The van der Waals surface area contributed by atoms with Crippen LogP contribution in [0.25, 0.3) is 11.1 Å². The highest BCUT2D eigenvalue weighted by Crippen LogP contribution is 2.29. The van der Waals surface area contributed by atoms with Gasteiger partial charge in [-0.1, -0.05) is 30.3 Å². The fourth-order valence-corrected chi connectivity index (χ4v) is 3.38. The van der Waals surface area contributed by atoms with Crippen LogP contribution in [0.1, 0.15) is 17.7 Å². The minimum Gasteiger partial charge on any atom is -0.443 e. The van der Waals surface area contributed by atoms with Crippen LogP contribution in [0.3, 0.4) is 0 Å². The van der Waals surface area contributed by atoms with E-state index < -0.39 is 16.8 Å². The number of hydrogen-bond acceptors (Lipinski definition) is 6. The number of rotatable bonds is 7. The molecule has 1 aliphatic rings. The minimum absolute atomic E-state index is 0.217. The quantitative estimate of drug-likeness (QED) is 0.304. The molecule has 1 aliphatic heterocycles. The van der Waals surface area contributed by atoms with Crippen LogP contribution >= 0.6 is 0 Å². The van der Waals surface area contributed by atoms with Gasteiger partial charge in [-0.25, -0.2) is 0 Å². The maximum Gasteiger partial charge on any atom is 0.433 e. The molecule has 0 spiro atoms. The number of aromatic nitrogens is 3. The van der Waals surface area contributed by atoms with Gasteiger partial charge in [0.2, 0.25) is 0 Å². The first-order valence-corrected chi connectivity index (χ1v) is 9.88. The van der Waals surface area contributed by atoms with Gasteiger partial charge in [0.05, 0.1) is 6.54 Å². The van der Waals surface area contributed by atoms with Crippen molar-refractivity contribution in [2.75, 3.05) is 13.2 Å². The van der Waals surface area contributed by atoms with Crippen molar-refractivity contribution in [1.29, 1.82) is 0 Å². The monoisotopic (exact) mass is 448 g/mol. The molecule has 0 saturated heterocycles. The van der Waals surface area contributed by atoms with Crippen LogP contribution in [0.2, 0.25) is 0 Å². The maximum absolute atomic E-state index is 12.6. The molecular weight excluding hydrogens is 429 g/mol. The average Bonchev–Trinajstić information content (AvgIpc) is 3.21.